The van der Waals surface area contributed by atoms with E-state index >= 15 is 0 Å². The predicted molar refractivity (Wildman–Crippen MR) is 92.3 cm³/mol. The largest absolute Gasteiger partial charge is 0.493 e. The molecule has 1 aliphatic rings. The number of methoxy groups -OCH3 is 2. The van der Waals surface area contributed by atoms with Gasteiger partial charge in [-0.05, 0) is 31.4 Å². The van der Waals surface area contributed by atoms with Gasteiger partial charge in [0.2, 0.25) is 0 Å². The first kappa shape index (κ1) is 18.4. The van der Waals surface area contributed by atoms with Crippen molar-refractivity contribution in [2.24, 2.45) is 5.92 Å². The maximum atomic E-state index is 11.5. The minimum atomic E-state index is -2.94. The van der Waals surface area contributed by atoms with Crippen molar-refractivity contribution in [2.75, 3.05) is 39.3 Å². The number of halogens is 1. The molecule has 1 atom stereocenters. The molecule has 1 unspecified atom stereocenters. The van der Waals surface area contributed by atoms with Gasteiger partial charge in [-0.15, -0.1) is 0 Å². The van der Waals surface area contributed by atoms with E-state index in [1.165, 1.54) is 6.26 Å². The molecule has 130 valence electrons. The Bertz CT molecular complexity index is 648. The zero-order chi connectivity index (χ0) is 17.0. The monoisotopic (exact) mass is 361 g/mol. The van der Waals surface area contributed by atoms with Gasteiger partial charge < -0.3 is 9.47 Å². The summed E-state index contributed by atoms with van der Waals surface area (Å²) in [6.45, 7) is 2.38. The summed E-state index contributed by atoms with van der Waals surface area (Å²) in [5.41, 5.74) is 0.955. The van der Waals surface area contributed by atoms with Gasteiger partial charge in [-0.2, -0.15) is 0 Å². The maximum Gasteiger partial charge on any atom is 0.165 e. The second-order valence-corrected chi connectivity index (χ2v) is 8.76. The molecule has 2 rings (SSSR count). The van der Waals surface area contributed by atoms with Crippen LogP contribution in [0.2, 0.25) is 5.02 Å². The van der Waals surface area contributed by atoms with Crippen LogP contribution in [0, 0.1) is 5.92 Å². The second kappa shape index (κ2) is 7.73. The zero-order valence-corrected chi connectivity index (χ0v) is 15.4. The highest BCUT2D eigenvalue weighted by Gasteiger charge is 2.24. The number of piperidine rings is 1. The van der Waals surface area contributed by atoms with Crippen LogP contribution in [0.15, 0.2) is 12.1 Å². The van der Waals surface area contributed by atoms with Crippen LogP contribution in [0.1, 0.15) is 18.4 Å². The van der Waals surface area contributed by atoms with Gasteiger partial charge >= 0.3 is 0 Å². The highest BCUT2D eigenvalue weighted by Crippen LogP contribution is 2.35. The third-order valence-corrected chi connectivity index (χ3v) is 5.35. The van der Waals surface area contributed by atoms with Gasteiger partial charge in [0.05, 0.1) is 20.0 Å². The van der Waals surface area contributed by atoms with Crippen molar-refractivity contribution >= 4 is 21.4 Å². The quantitative estimate of drug-likeness (QED) is 0.779. The third-order valence-electron chi connectivity index (χ3n) is 4.06. The summed E-state index contributed by atoms with van der Waals surface area (Å²) in [5, 5.41) is 0.599. The van der Waals surface area contributed by atoms with Gasteiger partial charge in [-0.25, -0.2) is 8.42 Å². The van der Waals surface area contributed by atoms with E-state index in [0.29, 0.717) is 23.1 Å². The Hall–Kier alpha value is -0.980. The fourth-order valence-electron chi connectivity index (χ4n) is 3.22. The number of nitrogens with zero attached hydrogens (tertiary/aromatic N) is 1. The molecule has 0 bridgehead atoms. The molecule has 0 spiro atoms. The van der Waals surface area contributed by atoms with Crippen molar-refractivity contribution in [3.05, 3.63) is 22.7 Å². The first-order valence-electron chi connectivity index (χ1n) is 7.63. The lowest BCUT2D eigenvalue weighted by Crippen LogP contribution is -2.37. The Morgan fingerprint density at radius 3 is 2.65 bits per heavy atom. The highest BCUT2D eigenvalue weighted by molar-refractivity contribution is 7.90. The summed E-state index contributed by atoms with van der Waals surface area (Å²) in [6.07, 6.45) is 3.26. The van der Waals surface area contributed by atoms with Crippen LogP contribution in [-0.4, -0.2) is 52.6 Å². The van der Waals surface area contributed by atoms with E-state index in [1.807, 2.05) is 6.07 Å². The molecule has 1 saturated heterocycles. The lowest BCUT2D eigenvalue weighted by Gasteiger charge is -2.32. The number of ether oxygens (including phenoxy) is 2. The fraction of sp³-hybridized carbons (Fsp3) is 0.625. The molecule has 0 N–H and O–H groups in total. The van der Waals surface area contributed by atoms with Gasteiger partial charge in [0, 0.05) is 36.0 Å². The van der Waals surface area contributed by atoms with E-state index in [0.717, 1.165) is 31.5 Å². The number of likely N-dealkylation sites (tertiary alicyclic amines) is 1. The molecule has 0 amide bonds. The average Bonchev–Trinajstić information content (AvgIpc) is 2.45. The highest BCUT2D eigenvalue weighted by atomic mass is 35.5. The van der Waals surface area contributed by atoms with E-state index in [-0.39, 0.29) is 11.7 Å². The molecular weight excluding hydrogens is 338 g/mol. The Morgan fingerprint density at radius 2 is 2.04 bits per heavy atom. The molecule has 23 heavy (non-hydrogen) atoms. The second-order valence-electron chi connectivity index (χ2n) is 6.14. The van der Waals surface area contributed by atoms with Crippen molar-refractivity contribution in [3.8, 4) is 11.5 Å². The van der Waals surface area contributed by atoms with Gasteiger partial charge in [-0.3, -0.25) is 4.90 Å². The van der Waals surface area contributed by atoms with Crippen molar-refractivity contribution in [1.29, 1.82) is 0 Å². The summed E-state index contributed by atoms with van der Waals surface area (Å²) in [6, 6.07) is 3.61. The topological polar surface area (TPSA) is 55.8 Å². The molecule has 0 saturated carbocycles. The van der Waals surface area contributed by atoms with Crippen LogP contribution in [0.25, 0.3) is 0 Å². The summed E-state index contributed by atoms with van der Waals surface area (Å²) in [4.78, 5) is 2.26. The first-order chi connectivity index (χ1) is 10.8. The molecule has 5 nitrogen and oxygen atoms in total. The Labute approximate surface area is 143 Å². The van der Waals surface area contributed by atoms with Crippen LogP contribution in [0.3, 0.4) is 0 Å². The van der Waals surface area contributed by atoms with Gasteiger partial charge in [0.15, 0.2) is 11.5 Å². The molecule has 0 aliphatic carbocycles. The Kier molecular flexibility index (Phi) is 6.17. The Balaban J connectivity index is 2.14. The predicted octanol–water partition coefficient (Wildman–Crippen LogP) is 2.61. The molecule has 0 radical (unpaired) electrons. The smallest absolute Gasteiger partial charge is 0.165 e. The molecular formula is C16H24ClNO4S. The maximum absolute atomic E-state index is 11.5. The van der Waals surface area contributed by atoms with Gasteiger partial charge in [-0.1, -0.05) is 11.6 Å². The molecule has 1 heterocycles. The first-order valence-corrected chi connectivity index (χ1v) is 10.1. The van der Waals surface area contributed by atoms with Crippen molar-refractivity contribution in [3.63, 3.8) is 0 Å². The van der Waals surface area contributed by atoms with E-state index in [4.69, 9.17) is 21.1 Å². The van der Waals surface area contributed by atoms with Crippen LogP contribution in [0.4, 0.5) is 0 Å². The number of benzene rings is 1. The summed E-state index contributed by atoms with van der Waals surface area (Å²) in [7, 11) is 0.251. The van der Waals surface area contributed by atoms with Crippen LogP contribution >= 0.6 is 11.6 Å². The lowest BCUT2D eigenvalue weighted by atomic mass is 9.99. The van der Waals surface area contributed by atoms with Crippen LogP contribution < -0.4 is 9.47 Å². The van der Waals surface area contributed by atoms with Crippen molar-refractivity contribution in [2.45, 2.75) is 19.4 Å². The molecule has 1 aromatic carbocycles. The normalized spacial score (nSPS) is 19.6. The summed E-state index contributed by atoms with van der Waals surface area (Å²) in [5.74, 6) is 1.73. The SMILES string of the molecule is COc1cc(Cl)cc(CN2CCCC(CS(C)(=O)=O)C2)c1OC. The minimum Gasteiger partial charge on any atom is -0.493 e. The van der Waals surface area contributed by atoms with E-state index in [9.17, 15) is 8.42 Å². The molecule has 1 aliphatic heterocycles. The standard InChI is InChI=1S/C16H24ClNO4S/c1-21-15-8-14(17)7-13(16(15)22-2)10-18-6-4-5-12(9-18)11-23(3,19)20/h7-8,12H,4-6,9-11H2,1-3H3. The number of rotatable bonds is 6. The average molecular weight is 362 g/mol. The molecule has 7 heteroatoms. The number of hydrogen-bond donors (Lipinski definition) is 0. The number of sulfone groups is 1. The van der Waals surface area contributed by atoms with E-state index < -0.39 is 9.84 Å². The summed E-state index contributed by atoms with van der Waals surface area (Å²) >= 11 is 6.16. The Morgan fingerprint density at radius 1 is 1.30 bits per heavy atom. The zero-order valence-electron chi connectivity index (χ0n) is 13.8. The van der Waals surface area contributed by atoms with Crippen molar-refractivity contribution in [1.82, 2.24) is 4.90 Å². The fourth-order valence-corrected chi connectivity index (χ4v) is 4.58. The summed E-state index contributed by atoms with van der Waals surface area (Å²) < 4.78 is 33.8. The molecule has 1 fully saturated rings. The van der Waals surface area contributed by atoms with E-state index in [1.54, 1.807) is 20.3 Å². The van der Waals surface area contributed by atoms with E-state index in [2.05, 4.69) is 4.90 Å². The lowest BCUT2D eigenvalue weighted by molar-refractivity contribution is 0.175. The van der Waals surface area contributed by atoms with Gasteiger partial charge in [0.1, 0.15) is 9.84 Å². The van der Waals surface area contributed by atoms with Crippen molar-refractivity contribution < 1.29 is 17.9 Å². The molecule has 1 aromatic rings. The third kappa shape index (κ3) is 5.26. The number of hydrogen-bond acceptors (Lipinski definition) is 5. The minimum absolute atomic E-state index is 0.186. The van der Waals surface area contributed by atoms with Gasteiger partial charge in [0.25, 0.3) is 0 Å². The molecule has 0 aromatic heterocycles. The van der Waals surface area contributed by atoms with Crippen LogP contribution in [-0.2, 0) is 16.4 Å². The van der Waals surface area contributed by atoms with Crippen LogP contribution in [0.5, 0.6) is 11.5 Å².